The van der Waals surface area contributed by atoms with E-state index in [0.717, 1.165) is 16.9 Å². The molecule has 32 heavy (non-hydrogen) atoms. The van der Waals surface area contributed by atoms with E-state index in [1.165, 1.54) is 11.8 Å². The highest BCUT2D eigenvalue weighted by atomic mass is 32.2. The third kappa shape index (κ3) is 6.59. The molecule has 1 aliphatic heterocycles. The summed E-state index contributed by atoms with van der Waals surface area (Å²) in [5, 5.41) is 10.3. The van der Waals surface area contributed by atoms with Crippen molar-refractivity contribution < 1.29 is 18.0 Å². The van der Waals surface area contributed by atoms with Crippen molar-refractivity contribution in [3.05, 3.63) is 41.6 Å². The molecule has 8 nitrogen and oxygen atoms in total. The van der Waals surface area contributed by atoms with Crippen LogP contribution >= 0.6 is 11.8 Å². The van der Waals surface area contributed by atoms with Gasteiger partial charge in [-0.15, -0.1) is 11.8 Å². The average molecular weight is 479 g/mol. The van der Waals surface area contributed by atoms with Crippen molar-refractivity contribution >= 4 is 44.9 Å². The summed E-state index contributed by atoms with van der Waals surface area (Å²) in [6.07, 6.45) is 0.477. The number of carbonyl (C=O) groups is 2. The second kappa shape index (κ2) is 9.66. The molecule has 174 valence electrons. The monoisotopic (exact) mass is 478 g/mol. The molecule has 0 aliphatic carbocycles. The first-order valence-corrected chi connectivity index (χ1v) is 13.5. The van der Waals surface area contributed by atoms with Crippen molar-refractivity contribution in [1.29, 1.82) is 0 Å². The fourth-order valence-corrected chi connectivity index (χ4v) is 5.66. The Morgan fingerprint density at radius 3 is 2.31 bits per heavy atom. The predicted octanol–water partition coefficient (Wildman–Crippen LogP) is 3.16. The van der Waals surface area contributed by atoms with Gasteiger partial charge in [-0.2, -0.15) is 5.10 Å². The van der Waals surface area contributed by atoms with Gasteiger partial charge in [0.05, 0.1) is 34.7 Å². The summed E-state index contributed by atoms with van der Waals surface area (Å²) < 4.78 is 25.5. The van der Waals surface area contributed by atoms with Gasteiger partial charge in [0.15, 0.2) is 9.84 Å². The van der Waals surface area contributed by atoms with Gasteiger partial charge in [-0.05, 0) is 25.5 Å². The van der Waals surface area contributed by atoms with Gasteiger partial charge < -0.3 is 10.6 Å². The highest BCUT2D eigenvalue weighted by Crippen LogP contribution is 2.31. The van der Waals surface area contributed by atoms with E-state index < -0.39 is 9.84 Å². The van der Waals surface area contributed by atoms with Crippen LogP contribution in [0.1, 0.15) is 44.5 Å². The number of hydrogen-bond donors (Lipinski definition) is 2. The Hall–Kier alpha value is -2.33. The molecule has 0 spiro atoms. The smallest absolute Gasteiger partial charge is 0.235 e. The standard InChI is InChI=1S/C22H30N4O4S2/c1-15-5-7-16(8-6-15)23-20(27)12-31-13-21(28)24-19-11-18(22(2,3)4)25-26(19)17-9-10-32(29,30)14-17/h5-8,11,17H,9-10,12-14H2,1-4H3,(H,23,27)(H,24,28). The fourth-order valence-electron chi connectivity index (χ4n) is 3.35. The molecule has 1 atom stereocenters. The molecular weight excluding hydrogens is 448 g/mol. The van der Waals surface area contributed by atoms with Gasteiger partial charge in [0, 0.05) is 17.2 Å². The zero-order valence-electron chi connectivity index (χ0n) is 18.8. The van der Waals surface area contributed by atoms with Crippen LogP contribution in [0.3, 0.4) is 0 Å². The molecule has 3 rings (SSSR count). The third-order valence-electron chi connectivity index (χ3n) is 5.13. The molecule has 1 aromatic heterocycles. The van der Waals surface area contributed by atoms with E-state index in [2.05, 4.69) is 15.7 Å². The molecular formula is C22H30N4O4S2. The number of aryl methyl sites for hydroxylation is 1. The van der Waals surface area contributed by atoms with Gasteiger partial charge in [-0.3, -0.25) is 9.59 Å². The maximum absolute atomic E-state index is 12.5. The lowest BCUT2D eigenvalue weighted by Crippen LogP contribution is -2.22. The normalized spacial score (nSPS) is 17.8. The maximum Gasteiger partial charge on any atom is 0.235 e. The number of thioether (sulfide) groups is 1. The van der Waals surface area contributed by atoms with Crippen LogP contribution in [-0.2, 0) is 24.8 Å². The molecule has 2 amide bonds. The number of amides is 2. The Kier molecular flexibility index (Phi) is 7.34. The summed E-state index contributed by atoms with van der Waals surface area (Å²) in [6, 6.07) is 9.02. The first-order valence-electron chi connectivity index (χ1n) is 10.5. The quantitative estimate of drug-likeness (QED) is 0.633. The van der Waals surface area contributed by atoms with Gasteiger partial charge >= 0.3 is 0 Å². The van der Waals surface area contributed by atoms with Gasteiger partial charge in [-0.25, -0.2) is 13.1 Å². The number of carbonyl (C=O) groups excluding carboxylic acids is 2. The van der Waals surface area contributed by atoms with Gasteiger partial charge in [0.2, 0.25) is 11.8 Å². The maximum atomic E-state index is 12.5. The lowest BCUT2D eigenvalue weighted by Gasteiger charge is -2.15. The van der Waals surface area contributed by atoms with E-state index in [-0.39, 0.29) is 46.3 Å². The van der Waals surface area contributed by atoms with Crippen molar-refractivity contribution in [1.82, 2.24) is 9.78 Å². The topological polar surface area (TPSA) is 110 Å². The molecule has 1 aromatic carbocycles. The summed E-state index contributed by atoms with van der Waals surface area (Å²) in [6.45, 7) is 8.01. The Bertz CT molecular complexity index is 1090. The van der Waals surface area contributed by atoms with E-state index in [0.29, 0.717) is 12.2 Å². The number of hydrogen-bond acceptors (Lipinski definition) is 6. The zero-order chi connectivity index (χ0) is 23.5. The average Bonchev–Trinajstić information content (AvgIpc) is 3.26. The fraction of sp³-hybridized carbons (Fsp3) is 0.500. The van der Waals surface area contributed by atoms with Crippen LogP contribution in [0.25, 0.3) is 0 Å². The highest BCUT2D eigenvalue weighted by Gasteiger charge is 2.32. The van der Waals surface area contributed by atoms with Gasteiger partial charge in [0.1, 0.15) is 5.82 Å². The zero-order valence-corrected chi connectivity index (χ0v) is 20.5. The largest absolute Gasteiger partial charge is 0.325 e. The summed E-state index contributed by atoms with van der Waals surface area (Å²) >= 11 is 1.21. The Labute approximate surface area is 193 Å². The lowest BCUT2D eigenvalue weighted by molar-refractivity contribution is -0.114. The summed E-state index contributed by atoms with van der Waals surface area (Å²) in [5.41, 5.74) is 2.36. The summed E-state index contributed by atoms with van der Waals surface area (Å²) in [7, 11) is -3.09. The Morgan fingerprint density at radius 2 is 1.75 bits per heavy atom. The molecule has 0 saturated carbocycles. The first-order chi connectivity index (χ1) is 14.9. The van der Waals surface area contributed by atoms with Gasteiger partial charge in [0.25, 0.3) is 0 Å². The Balaban J connectivity index is 1.58. The van der Waals surface area contributed by atoms with E-state index in [9.17, 15) is 18.0 Å². The van der Waals surface area contributed by atoms with Gasteiger partial charge in [-0.1, -0.05) is 38.5 Å². The van der Waals surface area contributed by atoms with Crippen LogP contribution in [0.4, 0.5) is 11.5 Å². The van der Waals surface area contributed by atoms with Crippen LogP contribution in [0.5, 0.6) is 0 Å². The first kappa shape index (κ1) is 24.3. The number of nitrogens with one attached hydrogen (secondary N) is 2. The molecule has 10 heteroatoms. The number of aromatic nitrogens is 2. The third-order valence-corrected chi connectivity index (χ3v) is 7.81. The van der Waals surface area contributed by atoms with E-state index in [1.807, 2.05) is 52.0 Å². The van der Waals surface area contributed by atoms with Crippen molar-refractivity contribution in [3.63, 3.8) is 0 Å². The van der Waals surface area contributed by atoms with Crippen LogP contribution < -0.4 is 10.6 Å². The highest BCUT2D eigenvalue weighted by molar-refractivity contribution is 8.00. The SMILES string of the molecule is Cc1ccc(NC(=O)CSCC(=O)Nc2cc(C(C)(C)C)nn2C2CCS(=O)(=O)C2)cc1. The number of anilines is 2. The number of sulfone groups is 1. The predicted molar refractivity (Wildman–Crippen MR) is 129 cm³/mol. The number of nitrogens with zero attached hydrogens (tertiary/aromatic N) is 2. The van der Waals surface area contributed by atoms with Crippen molar-refractivity contribution in [2.24, 2.45) is 0 Å². The minimum atomic E-state index is -3.09. The Morgan fingerprint density at radius 1 is 1.12 bits per heavy atom. The number of benzene rings is 1. The lowest BCUT2D eigenvalue weighted by atomic mass is 9.92. The molecule has 1 fully saturated rings. The van der Waals surface area contributed by atoms with Crippen LogP contribution in [-0.4, -0.2) is 53.0 Å². The van der Waals surface area contributed by atoms with E-state index in [1.54, 1.807) is 10.7 Å². The molecule has 1 aliphatic rings. The molecule has 2 N–H and O–H groups in total. The van der Waals surface area contributed by atoms with Crippen LogP contribution in [0.15, 0.2) is 30.3 Å². The molecule has 1 saturated heterocycles. The summed E-state index contributed by atoms with van der Waals surface area (Å²) in [4.78, 5) is 24.6. The molecule has 1 unspecified atom stereocenters. The van der Waals surface area contributed by atoms with E-state index >= 15 is 0 Å². The molecule has 2 heterocycles. The minimum Gasteiger partial charge on any atom is -0.325 e. The molecule has 0 radical (unpaired) electrons. The summed E-state index contributed by atoms with van der Waals surface area (Å²) in [5.74, 6) is 0.446. The molecule has 2 aromatic rings. The second-order valence-corrected chi connectivity index (χ2v) is 12.3. The van der Waals surface area contributed by atoms with Crippen LogP contribution in [0, 0.1) is 6.92 Å². The molecule has 0 bridgehead atoms. The van der Waals surface area contributed by atoms with E-state index in [4.69, 9.17) is 0 Å². The number of rotatable bonds is 7. The van der Waals surface area contributed by atoms with Crippen molar-refractivity contribution in [2.45, 2.75) is 45.6 Å². The van der Waals surface area contributed by atoms with Crippen molar-refractivity contribution in [2.75, 3.05) is 33.6 Å². The van der Waals surface area contributed by atoms with Crippen LogP contribution in [0.2, 0.25) is 0 Å². The second-order valence-electron chi connectivity index (χ2n) is 9.12. The minimum absolute atomic E-state index is 0.0229. The van der Waals surface area contributed by atoms with Crippen molar-refractivity contribution in [3.8, 4) is 0 Å².